The van der Waals surface area contributed by atoms with Gasteiger partial charge in [-0.05, 0) is 26.0 Å². The van der Waals surface area contributed by atoms with E-state index in [0.717, 1.165) is 17.2 Å². The number of amides is 1. The minimum absolute atomic E-state index is 0.153. The molecule has 0 aliphatic carbocycles. The van der Waals surface area contributed by atoms with Crippen molar-refractivity contribution >= 4 is 22.6 Å². The number of nitrogens with zero attached hydrogens (tertiary/aromatic N) is 3. The number of nitrogens with one attached hydrogen (secondary N) is 1. The highest BCUT2D eigenvalue weighted by molar-refractivity contribution is 5.81. The van der Waals surface area contributed by atoms with Crippen LogP contribution in [0.15, 0.2) is 47.1 Å². The van der Waals surface area contributed by atoms with Crippen LogP contribution >= 0.6 is 0 Å². The lowest BCUT2D eigenvalue weighted by Gasteiger charge is -2.16. The van der Waals surface area contributed by atoms with Crippen molar-refractivity contribution in [1.29, 1.82) is 0 Å². The fourth-order valence-electron chi connectivity index (χ4n) is 2.38. The smallest absolute Gasteiger partial charge is 0.307 e. The van der Waals surface area contributed by atoms with E-state index >= 15 is 0 Å². The van der Waals surface area contributed by atoms with Crippen LogP contribution in [0.5, 0.6) is 0 Å². The van der Waals surface area contributed by atoms with Crippen molar-refractivity contribution in [2.24, 2.45) is 0 Å². The lowest BCUT2D eigenvalue weighted by Crippen LogP contribution is -2.33. The van der Waals surface area contributed by atoms with Gasteiger partial charge in [0.2, 0.25) is 5.91 Å². The van der Waals surface area contributed by atoms with Crippen LogP contribution in [0, 0.1) is 10.1 Å². The first-order chi connectivity index (χ1) is 11.5. The van der Waals surface area contributed by atoms with Crippen molar-refractivity contribution in [1.82, 2.24) is 15.1 Å². The lowest BCUT2D eigenvalue weighted by molar-refractivity contribution is -0.385. The fraction of sp³-hybridized carbons (Fsp3) is 0.250. The second-order valence-electron chi connectivity index (χ2n) is 5.53. The third kappa shape index (κ3) is 2.98. The van der Waals surface area contributed by atoms with Crippen molar-refractivity contribution in [3.63, 3.8) is 0 Å². The Morgan fingerprint density at radius 2 is 2.12 bits per heavy atom. The molecule has 124 valence electrons. The second-order valence-corrected chi connectivity index (χ2v) is 5.53. The van der Waals surface area contributed by atoms with Gasteiger partial charge < -0.3 is 9.73 Å². The second kappa shape index (κ2) is 6.15. The van der Waals surface area contributed by atoms with Crippen LogP contribution in [-0.2, 0) is 4.79 Å². The summed E-state index contributed by atoms with van der Waals surface area (Å²) in [5.41, 5.74) is 0.601. The Morgan fingerprint density at radius 3 is 2.79 bits per heavy atom. The molecule has 0 saturated carbocycles. The minimum Gasteiger partial charge on any atom is -0.459 e. The van der Waals surface area contributed by atoms with Crippen molar-refractivity contribution < 1.29 is 14.1 Å². The minimum atomic E-state index is -0.675. The maximum Gasteiger partial charge on any atom is 0.307 e. The average molecular weight is 328 g/mol. The summed E-state index contributed by atoms with van der Waals surface area (Å²) in [6, 6.07) is 8.46. The number of fused-ring (bicyclic) bond motifs is 1. The molecule has 8 nitrogen and oxygen atoms in total. The molecule has 24 heavy (non-hydrogen) atoms. The van der Waals surface area contributed by atoms with Crippen molar-refractivity contribution in [2.75, 3.05) is 0 Å². The molecule has 8 heteroatoms. The summed E-state index contributed by atoms with van der Waals surface area (Å²) >= 11 is 0. The van der Waals surface area contributed by atoms with E-state index in [1.807, 2.05) is 37.3 Å². The third-order valence-electron chi connectivity index (χ3n) is 3.81. The molecule has 0 aliphatic rings. The summed E-state index contributed by atoms with van der Waals surface area (Å²) in [7, 11) is 0. The summed E-state index contributed by atoms with van der Waals surface area (Å²) in [5.74, 6) is 0.337. The Bertz CT molecular complexity index is 865. The van der Waals surface area contributed by atoms with Gasteiger partial charge in [-0.25, -0.2) is 0 Å². The molecular weight excluding hydrogens is 312 g/mol. The number of carbonyl (C=O) groups is 1. The zero-order valence-electron chi connectivity index (χ0n) is 13.2. The van der Waals surface area contributed by atoms with Crippen LogP contribution in [0.1, 0.15) is 31.7 Å². The van der Waals surface area contributed by atoms with E-state index in [1.54, 1.807) is 6.92 Å². The number of carbonyl (C=O) groups excluding carboxylic acids is 1. The summed E-state index contributed by atoms with van der Waals surface area (Å²) < 4.78 is 6.99. The molecule has 1 N–H and O–H groups in total. The maximum atomic E-state index is 12.3. The van der Waals surface area contributed by atoms with E-state index in [4.69, 9.17) is 4.42 Å². The van der Waals surface area contributed by atoms with Gasteiger partial charge in [-0.3, -0.25) is 19.6 Å². The molecule has 0 unspecified atom stereocenters. The normalized spacial score (nSPS) is 13.6. The van der Waals surface area contributed by atoms with Crippen molar-refractivity contribution in [3.8, 4) is 0 Å². The van der Waals surface area contributed by atoms with Gasteiger partial charge in [0.25, 0.3) is 0 Å². The standard InChI is InChI=1S/C16H16N4O4/c1-10(15-7-12-5-3-4-6-14(12)24-15)18-16(21)11(2)19-9-13(8-17-19)20(22)23/h3-11H,1-2H3,(H,18,21)/t10-,11+/m1/s1. The Kier molecular flexibility index (Phi) is 4.03. The van der Waals surface area contributed by atoms with Gasteiger partial charge in [-0.15, -0.1) is 0 Å². The van der Waals surface area contributed by atoms with Gasteiger partial charge in [-0.1, -0.05) is 18.2 Å². The molecule has 0 bridgehead atoms. The number of hydrogen-bond donors (Lipinski definition) is 1. The molecule has 0 spiro atoms. The SMILES string of the molecule is C[C@@H](NC(=O)[C@H](C)n1cc([N+](=O)[O-])cn1)c1cc2ccccc2o1. The molecule has 0 fully saturated rings. The molecular formula is C16H16N4O4. The molecule has 1 aromatic carbocycles. The van der Waals surface area contributed by atoms with Gasteiger partial charge >= 0.3 is 5.69 Å². The van der Waals surface area contributed by atoms with E-state index in [-0.39, 0.29) is 17.6 Å². The molecule has 0 saturated heterocycles. The molecule has 0 aliphatic heterocycles. The van der Waals surface area contributed by atoms with E-state index in [9.17, 15) is 14.9 Å². The third-order valence-corrected chi connectivity index (χ3v) is 3.81. The number of para-hydroxylation sites is 1. The number of nitro groups is 1. The zero-order chi connectivity index (χ0) is 17.3. The van der Waals surface area contributed by atoms with E-state index in [2.05, 4.69) is 10.4 Å². The van der Waals surface area contributed by atoms with Crippen LogP contribution < -0.4 is 5.32 Å². The maximum absolute atomic E-state index is 12.3. The van der Waals surface area contributed by atoms with Crippen LogP contribution in [0.3, 0.4) is 0 Å². The first-order valence-electron chi connectivity index (χ1n) is 7.43. The van der Waals surface area contributed by atoms with Crippen LogP contribution in [0.25, 0.3) is 11.0 Å². The molecule has 2 atom stereocenters. The number of benzene rings is 1. The average Bonchev–Trinajstić information content (AvgIpc) is 3.20. The molecule has 1 amide bonds. The highest BCUT2D eigenvalue weighted by atomic mass is 16.6. The van der Waals surface area contributed by atoms with Gasteiger partial charge in [0, 0.05) is 5.39 Å². The Balaban J connectivity index is 1.71. The molecule has 0 radical (unpaired) electrons. The van der Waals surface area contributed by atoms with E-state index in [1.165, 1.54) is 10.9 Å². The number of hydrogen-bond acceptors (Lipinski definition) is 5. The fourth-order valence-corrected chi connectivity index (χ4v) is 2.38. The van der Waals surface area contributed by atoms with Crippen molar-refractivity contribution in [3.05, 3.63) is 58.6 Å². The first-order valence-corrected chi connectivity index (χ1v) is 7.43. The van der Waals surface area contributed by atoms with E-state index in [0.29, 0.717) is 5.76 Å². The number of rotatable bonds is 5. The summed E-state index contributed by atoms with van der Waals surface area (Å²) in [4.78, 5) is 22.5. The molecule has 3 aromatic rings. The predicted octanol–water partition coefficient (Wildman–Crippen LogP) is 2.98. The first kappa shape index (κ1) is 15.7. The van der Waals surface area contributed by atoms with Crippen LogP contribution in [-0.4, -0.2) is 20.6 Å². The predicted molar refractivity (Wildman–Crippen MR) is 86.4 cm³/mol. The molecule has 3 rings (SSSR count). The Morgan fingerprint density at radius 1 is 1.38 bits per heavy atom. The van der Waals surface area contributed by atoms with Gasteiger partial charge in [0.15, 0.2) is 0 Å². The lowest BCUT2D eigenvalue weighted by atomic mass is 10.2. The largest absolute Gasteiger partial charge is 0.459 e. The topological polar surface area (TPSA) is 103 Å². The summed E-state index contributed by atoms with van der Waals surface area (Å²) in [6.45, 7) is 3.44. The monoisotopic (exact) mass is 328 g/mol. The zero-order valence-corrected chi connectivity index (χ0v) is 13.2. The van der Waals surface area contributed by atoms with Crippen LogP contribution in [0.2, 0.25) is 0 Å². The van der Waals surface area contributed by atoms with Crippen molar-refractivity contribution in [2.45, 2.75) is 25.9 Å². The number of aromatic nitrogens is 2. The van der Waals surface area contributed by atoms with Gasteiger partial charge in [0.1, 0.15) is 29.8 Å². The number of furan rings is 1. The summed E-state index contributed by atoms with van der Waals surface area (Å²) in [6.07, 6.45) is 2.35. The highest BCUT2D eigenvalue weighted by Gasteiger charge is 2.22. The van der Waals surface area contributed by atoms with E-state index < -0.39 is 11.0 Å². The Labute approximate surface area is 137 Å². The van der Waals surface area contributed by atoms with Gasteiger partial charge in [0.05, 0.1) is 11.0 Å². The molecule has 2 aromatic heterocycles. The highest BCUT2D eigenvalue weighted by Crippen LogP contribution is 2.24. The van der Waals surface area contributed by atoms with Crippen LogP contribution in [0.4, 0.5) is 5.69 Å². The van der Waals surface area contributed by atoms with Gasteiger partial charge in [-0.2, -0.15) is 5.10 Å². The Hall–Kier alpha value is -3.16. The summed E-state index contributed by atoms with van der Waals surface area (Å²) in [5, 5.41) is 18.4. The quantitative estimate of drug-likeness (QED) is 0.573. The molecule has 2 heterocycles.